The number of aromatic nitrogens is 4. The van der Waals surface area contributed by atoms with Crippen molar-refractivity contribution in [2.75, 3.05) is 27.3 Å². The Hall–Kier alpha value is -16.4. The standard InChI is InChI=1S/C38H28N8O15.C36H20BN7O16.ClH/c1-4-38(25-12-29-34-17(13-42(29)36(49)24(25)15-59-37(38)50)7-20-23(14-41(2)3)30(47)6-5-26(20)39-34)61-31(48)16-60-40-35-21-8-18(43(51)52)10-27(45(55)56)32(21)33-22(35)9-19(44(53)54)11-28(33)46(57)58;1-2-36(23-11-27-31-16(12-40(27)33(46)22(23)13-57-34(36)47)5-15-6-19(59-35(37)48)3-4-24(15)38-31)60-28(45)14-58-39-32-20-7-17(41(49)50)9-25(43(53)54)29(20)30-21(32)8-18(42(51)52)10-26(30)44(55)56;/h5-12,47H,4,13-16H2,1-3H3;3-11H,2,12-14H2,1H3;1H/t38-;36-;/m00./s1. The summed E-state index contributed by atoms with van der Waals surface area (Å²) in [5.74, 6) is -5.37. The lowest BCUT2D eigenvalue weighted by atomic mass is 9.85. The van der Waals surface area contributed by atoms with Gasteiger partial charge in [0.2, 0.25) is 38.1 Å². The normalized spacial score (nSPS) is 15.4. The van der Waals surface area contributed by atoms with Gasteiger partial charge in [0.25, 0.3) is 56.6 Å². The molecule has 8 heterocycles. The number of ether oxygens (including phenoxy) is 5. The van der Waals surface area contributed by atoms with E-state index in [4.69, 9.17) is 51.2 Å². The topological polar surface area (TPSA) is 613 Å². The number of rotatable bonds is 21. The highest BCUT2D eigenvalue weighted by molar-refractivity contribution is 6.55. The highest BCUT2D eigenvalue weighted by Crippen LogP contribution is 2.53. The molecule has 6 aromatic carbocycles. The molecular formula is C74H49BClN15O31. The summed E-state index contributed by atoms with van der Waals surface area (Å²) in [4.78, 5) is 203. The van der Waals surface area contributed by atoms with Crippen LogP contribution in [0.5, 0.6) is 11.5 Å². The second kappa shape index (κ2) is 30.6. The highest BCUT2D eigenvalue weighted by Gasteiger charge is 2.53. The molecule has 0 bridgehead atoms. The van der Waals surface area contributed by atoms with Crippen LogP contribution in [0.1, 0.15) is 87.9 Å². The Morgan fingerprint density at radius 3 is 1.26 bits per heavy atom. The Morgan fingerprint density at radius 2 is 0.902 bits per heavy atom. The first-order valence-corrected chi connectivity index (χ1v) is 35.3. The molecule has 0 saturated heterocycles. The summed E-state index contributed by atoms with van der Waals surface area (Å²) in [7, 11) is 8.82. The molecule has 0 spiro atoms. The van der Waals surface area contributed by atoms with Crippen molar-refractivity contribution in [2.45, 2.75) is 70.7 Å². The number of hydrogen-bond acceptors (Lipinski definition) is 36. The van der Waals surface area contributed by atoms with Crippen LogP contribution in [0.15, 0.2) is 123 Å². The van der Waals surface area contributed by atoms with Crippen LogP contribution >= 0.6 is 12.4 Å². The van der Waals surface area contributed by atoms with E-state index in [1.54, 1.807) is 18.2 Å². The first-order valence-electron chi connectivity index (χ1n) is 35.3. The fourth-order valence-electron chi connectivity index (χ4n) is 15.5. The average Bonchev–Trinajstić information content (AvgIpc) is 1.69. The van der Waals surface area contributed by atoms with Crippen LogP contribution in [0.25, 0.3) is 66.8 Å². The third-order valence-electron chi connectivity index (χ3n) is 20.7. The number of hydrogen-bond donors (Lipinski definition) is 1. The summed E-state index contributed by atoms with van der Waals surface area (Å²) < 4.78 is 30.0. The van der Waals surface area contributed by atoms with Gasteiger partial charge in [-0.1, -0.05) is 24.2 Å². The molecule has 2 aliphatic carbocycles. The van der Waals surface area contributed by atoms with Gasteiger partial charge < -0.3 is 52.5 Å². The summed E-state index contributed by atoms with van der Waals surface area (Å²) >= 11 is 0. The van der Waals surface area contributed by atoms with Crippen molar-refractivity contribution in [1.29, 1.82) is 0 Å². The quantitative estimate of drug-likeness (QED) is 0.0230. The van der Waals surface area contributed by atoms with Crippen LogP contribution in [0, 0.1) is 80.9 Å². The maximum absolute atomic E-state index is 14.1. The van der Waals surface area contributed by atoms with Crippen molar-refractivity contribution in [3.63, 3.8) is 0 Å². The van der Waals surface area contributed by atoms with E-state index in [2.05, 4.69) is 10.3 Å². The number of carbonyl (C=O) groups is 5. The minimum atomic E-state index is -2.22. The highest BCUT2D eigenvalue weighted by atomic mass is 35.5. The van der Waals surface area contributed by atoms with Crippen LogP contribution < -0.4 is 15.9 Å². The molecule has 0 fully saturated rings. The lowest BCUT2D eigenvalue weighted by Gasteiger charge is -2.35. The van der Waals surface area contributed by atoms with Gasteiger partial charge in [-0.3, -0.25) is 95.3 Å². The Kier molecular flexibility index (Phi) is 20.6. The second-order valence-corrected chi connectivity index (χ2v) is 27.8. The van der Waals surface area contributed by atoms with Crippen LogP contribution in [0.4, 0.5) is 50.3 Å². The molecule has 10 aromatic rings. The summed E-state index contributed by atoms with van der Waals surface area (Å²) in [5.41, 5.74) is -13.4. The summed E-state index contributed by atoms with van der Waals surface area (Å²) in [5, 5.41) is 115. The number of aromatic hydroxyl groups is 1. The fraction of sp³-hybridized carbons (Fsp3) is 0.203. The number of halogens is 1. The molecule has 122 heavy (non-hydrogen) atoms. The SMILES string of the molecule is CC[C@@]1(OC(=O)CON=C2c3cc([N+](=O)[O-])cc([N+](=O)[O-])c3-c3c2cc([N+](=O)[O-])cc3[N+](=O)[O-])C(=O)OCc2c1cc1n(c2=O)Cc2cc3c(CN(C)C)c(O)ccc3nc2-1.Cl.[B]C(=O)Oc1ccc2nc3c(cc2c1)Cn1c-3cc2c(c1=O)COC(=O)[C@@]2(CC)OC(=O)CON=C1c2cc([N+](=O)[O-])cc([N+](=O)[O-])c2-c2c1cc([N+](=O)[O-])cc2[N+](=O)[O-]. The number of oxime groups is 2. The van der Waals surface area contributed by atoms with Gasteiger partial charge in [0.15, 0.2) is 0 Å². The van der Waals surface area contributed by atoms with Gasteiger partial charge in [-0.2, -0.15) is 0 Å². The van der Waals surface area contributed by atoms with Gasteiger partial charge in [-0.15, -0.1) is 12.4 Å². The predicted octanol–water partition coefficient (Wildman–Crippen LogP) is 9.28. The molecule has 1 N–H and O–H groups in total. The van der Waals surface area contributed by atoms with Crippen LogP contribution in [0.3, 0.4) is 0 Å². The monoisotopic (exact) mass is 1690 g/mol. The van der Waals surface area contributed by atoms with E-state index in [9.17, 15) is 120 Å². The lowest BCUT2D eigenvalue weighted by Crippen LogP contribution is -2.48. The Labute approximate surface area is 682 Å². The number of pyridine rings is 4. The van der Waals surface area contributed by atoms with Crippen molar-refractivity contribution in [1.82, 2.24) is 24.0 Å². The molecule has 4 aliphatic heterocycles. The molecule has 4 aromatic heterocycles. The Morgan fingerprint density at radius 1 is 0.525 bits per heavy atom. The zero-order chi connectivity index (χ0) is 86.8. The first kappa shape index (κ1) is 82.2. The first-order chi connectivity index (χ1) is 57.5. The number of benzene rings is 6. The Balaban J connectivity index is 0.000000198. The molecule has 46 nitrogen and oxygen atoms in total. The Bertz CT molecular complexity index is 6600. The summed E-state index contributed by atoms with van der Waals surface area (Å²) in [6, 6.07) is 19.7. The molecule has 6 aliphatic rings. The maximum Gasteiger partial charge on any atom is 0.355 e. The summed E-state index contributed by atoms with van der Waals surface area (Å²) in [6.45, 7) is 0.387. The van der Waals surface area contributed by atoms with Crippen molar-refractivity contribution in [3.05, 3.63) is 266 Å². The number of phenols is 1. The van der Waals surface area contributed by atoms with E-state index in [0.717, 1.165) is 24.3 Å². The molecule has 48 heteroatoms. The molecule has 2 atom stereocenters. The third-order valence-corrected chi connectivity index (χ3v) is 20.7. The molecule has 0 unspecified atom stereocenters. The molecule has 0 saturated carbocycles. The van der Waals surface area contributed by atoms with Gasteiger partial charge in [0, 0.05) is 91.7 Å². The van der Waals surface area contributed by atoms with Gasteiger partial charge in [-0.25, -0.2) is 29.1 Å². The van der Waals surface area contributed by atoms with E-state index in [1.165, 1.54) is 53.3 Å². The number of non-ortho nitro benzene ring substituents is 4. The zero-order valence-corrected chi connectivity index (χ0v) is 63.4. The molecule has 2 radical (unpaired) electrons. The van der Waals surface area contributed by atoms with Gasteiger partial charge in [-0.05, 0) is 81.5 Å². The minimum absolute atomic E-state index is 0. The number of esters is 4. The van der Waals surface area contributed by atoms with E-state index >= 15 is 0 Å². The number of nitro groups is 8. The second-order valence-electron chi connectivity index (χ2n) is 27.8. The van der Waals surface area contributed by atoms with Crippen molar-refractivity contribution >= 4 is 129 Å². The van der Waals surface area contributed by atoms with Crippen LogP contribution in [0.2, 0.25) is 0 Å². The number of carbonyl (C=O) groups excluding carboxylic acids is 5. The number of phenolic OH excluding ortho intramolecular Hbond substituents is 1. The number of nitro benzene ring substituents is 8. The molecule has 0 amide bonds. The van der Waals surface area contributed by atoms with Crippen LogP contribution in [-0.4, -0.2) is 145 Å². The smallest absolute Gasteiger partial charge is 0.355 e. The number of cyclic esters (lactones) is 2. The number of fused-ring (bicyclic) bond motifs is 16. The van der Waals surface area contributed by atoms with E-state index in [1.807, 2.05) is 25.1 Å². The molecule has 616 valence electrons. The summed E-state index contributed by atoms with van der Waals surface area (Å²) in [6.07, 6.45) is -0.501. The molecule has 16 rings (SSSR count). The minimum Gasteiger partial charge on any atom is -0.508 e. The van der Waals surface area contributed by atoms with Crippen molar-refractivity contribution in [2.24, 2.45) is 10.3 Å². The van der Waals surface area contributed by atoms with Gasteiger partial charge in [0.05, 0.1) is 144 Å². The lowest BCUT2D eigenvalue weighted by molar-refractivity contribution is -0.395. The van der Waals surface area contributed by atoms with E-state index in [0.29, 0.717) is 86.4 Å². The third kappa shape index (κ3) is 13.6. The van der Waals surface area contributed by atoms with Gasteiger partial charge >= 0.3 is 23.9 Å². The fourth-order valence-corrected chi connectivity index (χ4v) is 15.5. The van der Waals surface area contributed by atoms with Crippen molar-refractivity contribution < 1.29 is 102 Å². The van der Waals surface area contributed by atoms with Crippen molar-refractivity contribution in [3.8, 4) is 56.5 Å². The maximum atomic E-state index is 14.1. The molecular weight excluding hydrogens is 1640 g/mol. The van der Waals surface area contributed by atoms with Gasteiger partial charge in [0.1, 0.15) is 36.1 Å². The predicted molar refractivity (Wildman–Crippen MR) is 415 cm³/mol. The number of nitrogens with zero attached hydrogens (tertiary/aromatic N) is 15. The zero-order valence-electron chi connectivity index (χ0n) is 62.6. The van der Waals surface area contributed by atoms with E-state index < -0.39 is 219 Å². The largest absolute Gasteiger partial charge is 0.508 e. The van der Waals surface area contributed by atoms with Crippen LogP contribution in [-0.2, 0) is 91.9 Å². The van der Waals surface area contributed by atoms with E-state index in [-0.39, 0.29) is 77.8 Å². The average molecular weight is 1690 g/mol.